The molecule has 0 aliphatic rings. The van der Waals surface area contributed by atoms with E-state index in [0.717, 1.165) is 21.3 Å². The molecule has 0 saturated heterocycles. The molecule has 2 aromatic rings. The van der Waals surface area contributed by atoms with Crippen LogP contribution in [0.1, 0.15) is 31.0 Å². The van der Waals surface area contributed by atoms with Gasteiger partial charge in [0.1, 0.15) is 11.6 Å². The van der Waals surface area contributed by atoms with Gasteiger partial charge in [0.05, 0.1) is 10.2 Å². The number of aryl methyl sites for hydroxylation is 1. The first kappa shape index (κ1) is 14.9. The van der Waals surface area contributed by atoms with Crippen LogP contribution in [0, 0.1) is 12.7 Å². The third-order valence-electron chi connectivity index (χ3n) is 3.10. The number of halogens is 2. The van der Waals surface area contributed by atoms with Crippen LogP contribution < -0.4 is 5.32 Å². The molecule has 0 aliphatic carbocycles. The Morgan fingerprint density at radius 3 is 2.55 bits per heavy atom. The topological polar surface area (TPSA) is 37.8 Å². The minimum atomic E-state index is -0.283. The minimum Gasteiger partial charge on any atom is -0.372 e. The van der Waals surface area contributed by atoms with Crippen LogP contribution in [0.4, 0.5) is 10.2 Å². The van der Waals surface area contributed by atoms with Crippen LogP contribution in [0.5, 0.6) is 0 Å². The van der Waals surface area contributed by atoms with Crippen molar-refractivity contribution in [2.45, 2.75) is 26.7 Å². The fraction of sp³-hybridized carbons (Fsp3) is 0.333. The number of hydrogen-bond donors (Lipinski definition) is 1. The van der Waals surface area contributed by atoms with Crippen LogP contribution in [-0.4, -0.2) is 17.0 Å². The second-order valence-electron chi connectivity index (χ2n) is 4.96. The number of nitrogens with zero attached hydrogens (tertiary/aromatic N) is 2. The second-order valence-corrected chi connectivity index (χ2v) is 5.75. The Hall–Kier alpha value is -1.49. The Bertz CT molecular complexity index is 641. The zero-order valence-electron chi connectivity index (χ0n) is 12.0. The van der Waals surface area contributed by atoms with E-state index in [1.54, 1.807) is 13.1 Å². The highest BCUT2D eigenvalue weighted by atomic mass is 79.9. The lowest BCUT2D eigenvalue weighted by molar-refractivity contribution is 0.627. The number of nitrogens with one attached hydrogen (secondary N) is 1. The molecule has 0 radical (unpaired) electrons. The maximum absolute atomic E-state index is 13.5. The Kier molecular flexibility index (Phi) is 4.38. The lowest BCUT2D eigenvalue weighted by Crippen LogP contribution is -2.05. The van der Waals surface area contributed by atoms with E-state index >= 15 is 0 Å². The van der Waals surface area contributed by atoms with Gasteiger partial charge in [-0.1, -0.05) is 19.9 Å². The summed E-state index contributed by atoms with van der Waals surface area (Å²) in [6.07, 6.45) is 0. The number of benzene rings is 1. The van der Waals surface area contributed by atoms with Crippen LogP contribution in [0.15, 0.2) is 22.7 Å². The van der Waals surface area contributed by atoms with Gasteiger partial charge >= 0.3 is 0 Å². The van der Waals surface area contributed by atoms with Crippen LogP contribution in [0.3, 0.4) is 0 Å². The fourth-order valence-electron chi connectivity index (χ4n) is 1.97. The first-order valence-corrected chi connectivity index (χ1v) is 7.25. The van der Waals surface area contributed by atoms with E-state index < -0.39 is 0 Å². The van der Waals surface area contributed by atoms with Crippen LogP contribution in [0.2, 0.25) is 0 Å². The van der Waals surface area contributed by atoms with Gasteiger partial charge in [0.15, 0.2) is 5.82 Å². The normalized spacial score (nSPS) is 10.9. The van der Waals surface area contributed by atoms with Gasteiger partial charge in [0, 0.05) is 12.6 Å². The molecule has 5 heteroatoms. The summed E-state index contributed by atoms with van der Waals surface area (Å²) >= 11 is 3.52. The highest BCUT2D eigenvalue weighted by Gasteiger charge is 2.16. The molecule has 0 atom stereocenters. The summed E-state index contributed by atoms with van der Waals surface area (Å²) in [5.41, 5.74) is 2.57. The molecule has 3 nitrogen and oxygen atoms in total. The average molecular weight is 338 g/mol. The van der Waals surface area contributed by atoms with E-state index in [-0.39, 0.29) is 11.7 Å². The number of hydrogen-bond acceptors (Lipinski definition) is 3. The second kappa shape index (κ2) is 5.87. The summed E-state index contributed by atoms with van der Waals surface area (Å²) in [5, 5.41) is 3.04. The Labute approximate surface area is 126 Å². The highest BCUT2D eigenvalue weighted by Crippen LogP contribution is 2.32. The number of rotatable bonds is 3. The summed E-state index contributed by atoms with van der Waals surface area (Å²) in [7, 11) is 1.80. The van der Waals surface area contributed by atoms with E-state index in [1.165, 1.54) is 12.1 Å². The van der Waals surface area contributed by atoms with E-state index in [2.05, 4.69) is 45.1 Å². The van der Waals surface area contributed by atoms with Crippen molar-refractivity contribution >= 4 is 21.7 Å². The van der Waals surface area contributed by atoms with Crippen molar-refractivity contribution in [3.63, 3.8) is 0 Å². The number of anilines is 1. The molecule has 0 unspecified atom stereocenters. The molecule has 0 saturated carbocycles. The highest BCUT2D eigenvalue weighted by molar-refractivity contribution is 9.10. The van der Waals surface area contributed by atoms with Gasteiger partial charge in [0.25, 0.3) is 0 Å². The van der Waals surface area contributed by atoms with Gasteiger partial charge in [-0.2, -0.15) is 0 Å². The molecule has 0 fully saturated rings. The zero-order chi connectivity index (χ0) is 14.9. The van der Waals surface area contributed by atoms with Crippen molar-refractivity contribution in [1.82, 2.24) is 9.97 Å². The smallest absolute Gasteiger partial charge is 0.162 e. The van der Waals surface area contributed by atoms with Crippen molar-refractivity contribution in [1.29, 1.82) is 0 Å². The van der Waals surface area contributed by atoms with Crippen molar-refractivity contribution in [3.8, 4) is 11.4 Å². The van der Waals surface area contributed by atoms with E-state index in [0.29, 0.717) is 11.6 Å². The molecule has 0 amide bonds. The molecule has 1 aromatic carbocycles. The fourth-order valence-corrected chi connectivity index (χ4v) is 2.80. The largest absolute Gasteiger partial charge is 0.372 e. The van der Waals surface area contributed by atoms with Gasteiger partial charge < -0.3 is 5.32 Å². The number of aromatic nitrogens is 2. The van der Waals surface area contributed by atoms with Crippen LogP contribution in [-0.2, 0) is 0 Å². The Morgan fingerprint density at radius 2 is 1.95 bits per heavy atom. The summed E-state index contributed by atoms with van der Waals surface area (Å²) < 4.78 is 14.3. The maximum atomic E-state index is 13.5. The molecule has 1 heterocycles. The molecule has 0 bridgehead atoms. The van der Waals surface area contributed by atoms with Crippen LogP contribution >= 0.6 is 15.9 Å². The summed E-state index contributed by atoms with van der Waals surface area (Å²) in [4.78, 5) is 9.06. The molecule has 2 rings (SSSR count). The van der Waals surface area contributed by atoms with Crippen molar-refractivity contribution in [3.05, 3.63) is 39.7 Å². The zero-order valence-corrected chi connectivity index (χ0v) is 13.5. The van der Waals surface area contributed by atoms with E-state index in [4.69, 9.17) is 0 Å². The van der Waals surface area contributed by atoms with Crippen molar-refractivity contribution in [2.24, 2.45) is 0 Å². The summed E-state index contributed by atoms with van der Waals surface area (Å²) in [6.45, 7) is 6.05. The standard InChI is InChI=1S/C15H17BrFN3/c1-8(2)13-12(16)15(18-4)20-14(19-13)11-7-10(17)6-5-9(11)3/h5-8H,1-4H3,(H,18,19,20). The molecule has 106 valence electrons. The first-order chi connectivity index (χ1) is 9.43. The van der Waals surface area contributed by atoms with Gasteiger partial charge in [-0.3, -0.25) is 0 Å². The molecule has 0 spiro atoms. The SMILES string of the molecule is CNc1nc(-c2cc(F)ccc2C)nc(C(C)C)c1Br. The quantitative estimate of drug-likeness (QED) is 0.894. The molecular formula is C15H17BrFN3. The van der Waals surface area contributed by atoms with E-state index in [1.807, 2.05) is 6.92 Å². The van der Waals surface area contributed by atoms with Crippen molar-refractivity contribution < 1.29 is 4.39 Å². The molecular weight excluding hydrogens is 321 g/mol. The van der Waals surface area contributed by atoms with Gasteiger partial charge in [-0.15, -0.1) is 0 Å². The predicted molar refractivity (Wildman–Crippen MR) is 83.5 cm³/mol. The van der Waals surface area contributed by atoms with E-state index in [9.17, 15) is 4.39 Å². The van der Waals surface area contributed by atoms with Crippen LogP contribution in [0.25, 0.3) is 11.4 Å². The predicted octanol–water partition coefficient (Wildman–Crippen LogP) is 4.52. The summed E-state index contributed by atoms with van der Waals surface area (Å²) in [6, 6.07) is 4.66. The van der Waals surface area contributed by atoms with Gasteiger partial charge in [-0.05, 0) is 46.5 Å². The lowest BCUT2D eigenvalue weighted by atomic mass is 10.1. The average Bonchev–Trinajstić information content (AvgIpc) is 2.41. The first-order valence-electron chi connectivity index (χ1n) is 6.45. The minimum absolute atomic E-state index is 0.243. The molecule has 0 aliphatic heterocycles. The van der Waals surface area contributed by atoms with Gasteiger partial charge in [-0.25, -0.2) is 14.4 Å². The summed E-state index contributed by atoms with van der Waals surface area (Å²) in [5.74, 6) is 1.21. The third-order valence-corrected chi connectivity index (χ3v) is 3.88. The molecule has 1 N–H and O–H groups in total. The third kappa shape index (κ3) is 2.82. The lowest BCUT2D eigenvalue weighted by Gasteiger charge is -2.14. The van der Waals surface area contributed by atoms with Gasteiger partial charge in [0.2, 0.25) is 0 Å². The molecule has 20 heavy (non-hydrogen) atoms. The monoisotopic (exact) mass is 337 g/mol. The molecule has 1 aromatic heterocycles. The van der Waals surface area contributed by atoms with Crippen molar-refractivity contribution in [2.75, 3.05) is 12.4 Å². The Balaban J connectivity index is 2.68. The Morgan fingerprint density at radius 1 is 1.25 bits per heavy atom. The maximum Gasteiger partial charge on any atom is 0.162 e.